The Morgan fingerprint density at radius 1 is 1.43 bits per heavy atom. The molecule has 0 unspecified atom stereocenters. The third-order valence-electron chi connectivity index (χ3n) is 3.83. The molecule has 4 nitrogen and oxygen atoms in total. The first-order valence-electron chi connectivity index (χ1n) is 7.35. The molecule has 1 N–H and O–H groups in total. The van der Waals surface area contributed by atoms with Crippen LogP contribution < -0.4 is 0 Å². The summed E-state index contributed by atoms with van der Waals surface area (Å²) in [6.45, 7) is 4.74. The number of likely N-dealkylation sites (tertiary alicyclic amines) is 1. The van der Waals surface area contributed by atoms with Crippen LogP contribution >= 0.6 is 0 Å². The molecule has 5 heteroatoms. The zero-order valence-electron chi connectivity index (χ0n) is 12.3. The molecule has 0 saturated carbocycles. The molecule has 0 amide bonds. The summed E-state index contributed by atoms with van der Waals surface area (Å²) in [6.07, 6.45) is 2.06. The second kappa shape index (κ2) is 7.52. The van der Waals surface area contributed by atoms with Gasteiger partial charge in [-0.05, 0) is 37.0 Å². The monoisotopic (exact) mass is 295 g/mol. The van der Waals surface area contributed by atoms with Gasteiger partial charge in [0.25, 0.3) is 0 Å². The second-order valence-corrected chi connectivity index (χ2v) is 5.57. The molecule has 1 aliphatic rings. The van der Waals surface area contributed by atoms with Crippen molar-refractivity contribution in [3.8, 4) is 0 Å². The minimum absolute atomic E-state index is 0.0646. The summed E-state index contributed by atoms with van der Waals surface area (Å²) in [5.74, 6) is -0.983. The number of rotatable bonds is 6. The van der Waals surface area contributed by atoms with Gasteiger partial charge in [0, 0.05) is 19.6 Å². The molecule has 1 aromatic rings. The smallest absolute Gasteiger partial charge is 0.305 e. The second-order valence-electron chi connectivity index (χ2n) is 5.57. The maximum absolute atomic E-state index is 13.2. The molecule has 0 bridgehead atoms. The van der Waals surface area contributed by atoms with Crippen LogP contribution in [0, 0.1) is 12.7 Å². The fraction of sp³-hybridized carbons (Fsp3) is 0.562. The van der Waals surface area contributed by atoms with Crippen molar-refractivity contribution >= 4 is 5.97 Å². The number of aryl methyl sites for hydroxylation is 1. The maximum Gasteiger partial charge on any atom is 0.305 e. The van der Waals surface area contributed by atoms with E-state index in [1.165, 1.54) is 6.07 Å². The van der Waals surface area contributed by atoms with Crippen molar-refractivity contribution < 1.29 is 19.0 Å². The number of carboxylic acid groups (broad SMARTS) is 1. The van der Waals surface area contributed by atoms with E-state index in [0.717, 1.165) is 38.0 Å². The highest BCUT2D eigenvalue weighted by Crippen LogP contribution is 2.17. The van der Waals surface area contributed by atoms with Crippen molar-refractivity contribution in [3.63, 3.8) is 0 Å². The Hall–Kier alpha value is -1.46. The summed E-state index contributed by atoms with van der Waals surface area (Å²) < 4.78 is 18.8. The van der Waals surface area contributed by atoms with Crippen LogP contribution in [0.25, 0.3) is 0 Å². The summed E-state index contributed by atoms with van der Waals surface area (Å²) in [6, 6.07) is 5.25. The predicted octanol–water partition coefficient (Wildman–Crippen LogP) is 2.59. The van der Waals surface area contributed by atoms with Crippen LogP contribution in [-0.4, -0.2) is 41.8 Å². The lowest BCUT2D eigenvalue weighted by atomic mass is 10.1. The standard InChI is InChI=1S/C16H22FNO3/c1-12-10-13(2-3-15(12)17)11-18-7-4-14(5-8-18)21-9-6-16(19)20/h2-3,10,14H,4-9,11H2,1H3,(H,19,20). The molecular weight excluding hydrogens is 273 g/mol. The molecule has 0 radical (unpaired) electrons. The molecule has 0 atom stereocenters. The number of piperidine rings is 1. The number of ether oxygens (including phenoxy) is 1. The van der Waals surface area contributed by atoms with Crippen molar-refractivity contribution in [3.05, 3.63) is 35.1 Å². The molecule has 1 heterocycles. The van der Waals surface area contributed by atoms with E-state index in [-0.39, 0.29) is 24.9 Å². The Bertz CT molecular complexity index is 484. The molecule has 1 aliphatic heterocycles. The minimum Gasteiger partial charge on any atom is -0.481 e. The number of hydrogen-bond acceptors (Lipinski definition) is 3. The van der Waals surface area contributed by atoms with Crippen molar-refractivity contribution in [1.29, 1.82) is 0 Å². The zero-order valence-corrected chi connectivity index (χ0v) is 12.3. The SMILES string of the molecule is Cc1cc(CN2CCC(OCCC(=O)O)CC2)ccc1F. The third-order valence-corrected chi connectivity index (χ3v) is 3.83. The summed E-state index contributed by atoms with van der Waals surface area (Å²) in [5.41, 5.74) is 1.80. The highest BCUT2D eigenvalue weighted by atomic mass is 19.1. The van der Waals surface area contributed by atoms with Gasteiger partial charge in [0.1, 0.15) is 5.82 Å². The number of carbonyl (C=O) groups is 1. The van der Waals surface area contributed by atoms with E-state index in [2.05, 4.69) is 4.90 Å². The Kier molecular flexibility index (Phi) is 5.70. The number of halogens is 1. The fourth-order valence-corrected chi connectivity index (χ4v) is 2.61. The fourth-order valence-electron chi connectivity index (χ4n) is 2.61. The van der Waals surface area contributed by atoms with E-state index in [0.29, 0.717) is 5.56 Å². The molecule has 2 rings (SSSR count). The van der Waals surface area contributed by atoms with Crippen LogP contribution in [0.5, 0.6) is 0 Å². The largest absolute Gasteiger partial charge is 0.481 e. The Labute approximate surface area is 124 Å². The third kappa shape index (κ3) is 5.10. The average molecular weight is 295 g/mol. The number of carboxylic acids is 1. The van der Waals surface area contributed by atoms with Crippen LogP contribution in [0.4, 0.5) is 4.39 Å². The highest BCUT2D eigenvalue weighted by molar-refractivity contribution is 5.66. The Morgan fingerprint density at radius 2 is 2.14 bits per heavy atom. The zero-order chi connectivity index (χ0) is 15.2. The van der Waals surface area contributed by atoms with Gasteiger partial charge in [-0.3, -0.25) is 9.69 Å². The first-order chi connectivity index (χ1) is 10.0. The van der Waals surface area contributed by atoms with Crippen LogP contribution in [0.3, 0.4) is 0 Å². The van der Waals surface area contributed by atoms with Gasteiger partial charge in [-0.25, -0.2) is 4.39 Å². The van der Waals surface area contributed by atoms with Crippen LogP contribution in [0.1, 0.15) is 30.4 Å². The topological polar surface area (TPSA) is 49.8 Å². The lowest BCUT2D eigenvalue weighted by Gasteiger charge is -2.31. The van der Waals surface area contributed by atoms with Gasteiger partial charge in [0.2, 0.25) is 0 Å². The molecule has 116 valence electrons. The quantitative estimate of drug-likeness (QED) is 0.876. The van der Waals surface area contributed by atoms with Gasteiger partial charge in [-0.1, -0.05) is 12.1 Å². The normalized spacial score (nSPS) is 17.0. The maximum atomic E-state index is 13.2. The van der Waals surface area contributed by atoms with Gasteiger partial charge in [-0.15, -0.1) is 0 Å². The molecule has 0 aromatic heterocycles. The average Bonchev–Trinajstić information content (AvgIpc) is 2.44. The Morgan fingerprint density at radius 3 is 2.76 bits per heavy atom. The van der Waals surface area contributed by atoms with Crippen molar-refractivity contribution in [1.82, 2.24) is 4.90 Å². The number of nitrogens with zero attached hydrogens (tertiary/aromatic N) is 1. The Balaban J connectivity index is 1.73. The predicted molar refractivity (Wildman–Crippen MR) is 77.6 cm³/mol. The first-order valence-corrected chi connectivity index (χ1v) is 7.35. The van der Waals surface area contributed by atoms with Gasteiger partial charge >= 0.3 is 5.97 Å². The van der Waals surface area contributed by atoms with E-state index < -0.39 is 5.97 Å². The van der Waals surface area contributed by atoms with Crippen molar-refractivity contribution in [2.45, 2.75) is 38.8 Å². The molecule has 1 fully saturated rings. The van der Waals surface area contributed by atoms with E-state index in [4.69, 9.17) is 9.84 Å². The lowest BCUT2D eigenvalue weighted by molar-refractivity contribution is -0.138. The number of hydrogen-bond donors (Lipinski definition) is 1. The summed E-state index contributed by atoms with van der Waals surface area (Å²) in [7, 11) is 0. The molecule has 0 spiro atoms. The molecule has 1 saturated heterocycles. The van der Waals surface area contributed by atoms with E-state index >= 15 is 0 Å². The first kappa shape index (κ1) is 15.9. The van der Waals surface area contributed by atoms with E-state index in [9.17, 15) is 9.18 Å². The molecule has 1 aromatic carbocycles. The molecular formula is C16H22FNO3. The number of aliphatic carboxylic acids is 1. The van der Waals surface area contributed by atoms with E-state index in [1.807, 2.05) is 12.1 Å². The molecule has 0 aliphatic carbocycles. The van der Waals surface area contributed by atoms with Crippen molar-refractivity contribution in [2.75, 3.05) is 19.7 Å². The van der Waals surface area contributed by atoms with Gasteiger partial charge in [0.05, 0.1) is 19.1 Å². The van der Waals surface area contributed by atoms with Crippen LogP contribution in [-0.2, 0) is 16.1 Å². The number of benzene rings is 1. The lowest BCUT2D eigenvalue weighted by Crippen LogP contribution is -2.36. The molecule has 21 heavy (non-hydrogen) atoms. The van der Waals surface area contributed by atoms with E-state index in [1.54, 1.807) is 6.92 Å². The summed E-state index contributed by atoms with van der Waals surface area (Å²) in [5, 5.41) is 8.58. The highest BCUT2D eigenvalue weighted by Gasteiger charge is 2.20. The van der Waals surface area contributed by atoms with Crippen LogP contribution in [0.15, 0.2) is 18.2 Å². The van der Waals surface area contributed by atoms with Gasteiger partial charge < -0.3 is 9.84 Å². The van der Waals surface area contributed by atoms with Crippen LogP contribution in [0.2, 0.25) is 0 Å². The minimum atomic E-state index is -0.820. The summed E-state index contributed by atoms with van der Waals surface area (Å²) >= 11 is 0. The van der Waals surface area contributed by atoms with Crippen molar-refractivity contribution in [2.24, 2.45) is 0 Å². The summed E-state index contributed by atoms with van der Waals surface area (Å²) in [4.78, 5) is 12.8. The van der Waals surface area contributed by atoms with Gasteiger partial charge in [-0.2, -0.15) is 0 Å². The van der Waals surface area contributed by atoms with Gasteiger partial charge in [0.15, 0.2) is 0 Å².